The lowest BCUT2D eigenvalue weighted by molar-refractivity contribution is -0.139. The predicted octanol–water partition coefficient (Wildman–Crippen LogP) is 4.35. The van der Waals surface area contributed by atoms with Gasteiger partial charge in [0.15, 0.2) is 18.1 Å². The lowest BCUT2D eigenvalue weighted by Crippen LogP contribution is -2.06. The Morgan fingerprint density at radius 1 is 1.29 bits per heavy atom. The number of hydrogen-bond donors (Lipinski definition) is 0. The fraction of sp³-hybridized carbons (Fsp3) is 0.250. The molecule has 0 N–H and O–H groups in total. The van der Waals surface area contributed by atoms with Crippen LogP contribution in [0.5, 0.6) is 11.5 Å². The molecule has 0 aliphatic carbocycles. The number of thiophene rings is 1. The number of nitrogens with zero attached hydrogens (tertiary/aromatic N) is 2. The fourth-order valence-corrected chi connectivity index (χ4v) is 2.95. The van der Waals surface area contributed by atoms with Gasteiger partial charge in [-0.05, 0) is 49.1 Å². The van der Waals surface area contributed by atoms with Crippen LogP contribution in [0.1, 0.15) is 25.3 Å². The molecule has 0 spiro atoms. The van der Waals surface area contributed by atoms with Crippen molar-refractivity contribution in [2.24, 2.45) is 0 Å². The quantitative estimate of drug-likeness (QED) is 0.410. The topological polar surface area (TPSA) is 83.7 Å². The molecule has 3 aromatic rings. The predicted molar refractivity (Wildman–Crippen MR) is 105 cm³/mol. The monoisotopic (exact) mass is 400 g/mol. The second-order valence-electron chi connectivity index (χ2n) is 6.01. The van der Waals surface area contributed by atoms with Crippen molar-refractivity contribution in [3.8, 4) is 22.2 Å². The smallest absolute Gasteiger partial charge is 0.331 e. The average Bonchev–Trinajstić information content (AvgIpc) is 3.36. The van der Waals surface area contributed by atoms with Crippen molar-refractivity contribution in [2.75, 3.05) is 7.11 Å². The van der Waals surface area contributed by atoms with E-state index in [1.54, 1.807) is 25.3 Å². The Hall–Kier alpha value is -3.13. The number of hydrogen-bond acceptors (Lipinski definition) is 8. The van der Waals surface area contributed by atoms with Gasteiger partial charge < -0.3 is 18.7 Å². The second kappa shape index (κ2) is 9.18. The minimum Gasteiger partial charge on any atom is -0.493 e. The van der Waals surface area contributed by atoms with Crippen LogP contribution in [0.15, 0.2) is 46.3 Å². The van der Waals surface area contributed by atoms with Crippen molar-refractivity contribution in [1.82, 2.24) is 10.1 Å². The molecule has 0 aliphatic heterocycles. The van der Waals surface area contributed by atoms with Gasteiger partial charge in [0.1, 0.15) is 0 Å². The van der Waals surface area contributed by atoms with Gasteiger partial charge in [-0.3, -0.25) is 0 Å². The van der Waals surface area contributed by atoms with Crippen molar-refractivity contribution >= 4 is 23.4 Å². The molecule has 0 saturated carbocycles. The molecule has 0 bridgehead atoms. The SMILES string of the molecule is COc1cc(/C=C/C(=O)OCc2nc(-c3cccs3)no2)ccc1OC(C)C. The van der Waals surface area contributed by atoms with Crippen LogP contribution in [0.4, 0.5) is 0 Å². The van der Waals surface area contributed by atoms with Gasteiger partial charge >= 0.3 is 5.97 Å². The maximum atomic E-state index is 11.9. The van der Waals surface area contributed by atoms with E-state index < -0.39 is 5.97 Å². The van der Waals surface area contributed by atoms with E-state index in [4.69, 9.17) is 18.7 Å². The van der Waals surface area contributed by atoms with Crippen LogP contribution >= 0.6 is 11.3 Å². The van der Waals surface area contributed by atoms with Gasteiger partial charge in [-0.1, -0.05) is 17.3 Å². The summed E-state index contributed by atoms with van der Waals surface area (Å²) in [6.07, 6.45) is 3.00. The number of carbonyl (C=O) groups excluding carboxylic acids is 1. The van der Waals surface area contributed by atoms with Crippen molar-refractivity contribution < 1.29 is 23.5 Å². The average molecular weight is 400 g/mol. The maximum absolute atomic E-state index is 11.9. The normalized spacial score (nSPS) is 11.1. The summed E-state index contributed by atoms with van der Waals surface area (Å²) in [4.78, 5) is 17.0. The van der Waals surface area contributed by atoms with Gasteiger partial charge in [0.25, 0.3) is 5.89 Å². The minimum absolute atomic E-state index is 0.0373. The number of rotatable bonds is 8. The molecule has 0 aliphatic rings. The third-order valence-corrected chi connectivity index (χ3v) is 4.38. The van der Waals surface area contributed by atoms with Crippen molar-refractivity contribution in [2.45, 2.75) is 26.6 Å². The number of methoxy groups -OCH3 is 1. The minimum atomic E-state index is -0.516. The Labute approximate surface area is 166 Å². The molecule has 1 aromatic carbocycles. The molecular formula is C20H20N2O5S. The van der Waals surface area contributed by atoms with Crippen LogP contribution in [0.3, 0.4) is 0 Å². The number of ether oxygens (including phenoxy) is 3. The maximum Gasteiger partial charge on any atom is 0.331 e. The van der Waals surface area contributed by atoms with Crippen molar-refractivity contribution in [1.29, 1.82) is 0 Å². The molecule has 0 radical (unpaired) electrons. The van der Waals surface area contributed by atoms with Crippen LogP contribution in [0.25, 0.3) is 16.8 Å². The molecule has 2 heterocycles. The molecule has 0 atom stereocenters. The van der Waals surface area contributed by atoms with E-state index >= 15 is 0 Å². The van der Waals surface area contributed by atoms with Gasteiger partial charge in [0.05, 0.1) is 18.1 Å². The lowest BCUT2D eigenvalue weighted by atomic mass is 10.2. The van der Waals surface area contributed by atoms with Crippen LogP contribution in [-0.2, 0) is 16.1 Å². The summed E-state index contributed by atoms with van der Waals surface area (Å²) in [7, 11) is 1.57. The first-order valence-corrected chi connectivity index (χ1v) is 9.49. The molecule has 3 rings (SSSR count). The Bertz CT molecular complexity index is 947. The number of esters is 1. The van der Waals surface area contributed by atoms with E-state index in [1.807, 2.05) is 37.4 Å². The summed E-state index contributed by atoms with van der Waals surface area (Å²) >= 11 is 1.50. The third kappa shape index (κ3) is 5.20. The van der Waals surface area contributed by atoms with E-state index in [1.165, 1.54) is 17.4 Å². The van der Waals surface area contributed by atoms with Crippen LogP contribution in [-0.4, -0.2) is 29.3 Å². The second-order valence-corrected chi connectivity index (χ2v) is 6.95. The van der Waals surface area contributed by atoms with Gasteiger partial charge in [0, 0.05) is 6.08 Å². The molecule has 28 heavy (non-hydrogen) atoms. The fourth-order valence-electron chi connectivity index (χ4n) is 2.30. The molecule has 0 amide bonds. The van der Waals surface area contributed by atoms with E-state index in [0.29, 0.717) is 17.3 Å². The molecule has 0 unspecified atom stereocenters. The highest BCUT2D eigenvalue weighted by molar-refractivity contribution is 7.13. The largest absolute Gasteiger partial charge is 0.493 e. The lowest BCUT2D eigenvalue weighted by Gasteiger charge is -2.13. The number of carbonyl (C=O) groups is 1. The molecule has 146 valence electrons. The molecule has 0 saturated heterocycles. The molecule has 7 nitrogen and oxygen atoms in total. The van der Waals surface area contributed by atoms with Crippen LogP contribution < -0.4 is 9.47 Å². The highest BCUT2D eigenvalue weighted by Gasteiger charge is 2.11. The van der Waals surface area contributed by atoms with Gasteiger partial charge in [-0.15, -0.1) is 11.3 Å². The zero-order chi connectivity index (χ0) is 19.9. The summed E-state index contributed by atoms with van der Waals surface area (Å²) in [5, 5.41) is 5.79. The van der Waals surface area contributed by atoms with Crippen LogP contribution in [0, 0.1) is 0 Å². The first kappa shape index (κ1) is 19.6. The van der Waals surface area contributed by atoms with E-state index in [2.05, 4.69) is 10.1 Å². The molecule has 0 fully saturated rings. The van der Waals surface area contributed by atoms with E-state index in [-0.39, 0.29) is 18.6 Å². The Morgan fingerprint density at radius 2 is 2.14 bits per heavy atom. The summed E-state index contributed by atoms with van der Waals surface area (Å²) in [6, 6.07) is 9.20. The molecule has 8 heteroatoms. The molecular weight excluding hydrogens is 380 g/mol. The van der Waals surface area contributed by atoms with Crippen LogP contribution in [0.2, 0.25) is 0 Å². The zero-order valence-electron chi connectivity index (χ0n) is 15.7. The van der Waals surface area contributed by atoms with Crippen molar-refractivity contribution in [3.05, 3.63) is 53.2 Å². The Balaban J connectivity index is 1.56. The Morgan fingerprint density at radius 3 is 2.86 bits per heavy atom. The summed E-state index contributed by atoms with van der Waals surface area (Å²) < 4.78 is 21.2. The number of benzene rings is 1. The zero-order valence-corrected chi connectivity index (χ0v) is 16.6. The van der Waals surface area contributed by atoms with Gasteiger partial charge in [-0.2, -0.15) is 4.98 Å². The summed E-state index contributed by atoms with van der Waals surface area (Å²) in [6.45, 7) is 3.79. The van der Waals surface area contributed by atoms with Crippen molar-refractivity contribution in [3.63, 3.8) is 0 Å². The van der Waals surface area contributed by atoms with E-state index in [9.17, 15) is 4.79 Å². The third-order valence-electron chi connectivity index (χ3n) is 3.51. The van der Waals surface area contributed by atoms with Gasteiger partial charge in [0.2, 0.25) is 5.82 Å². The molecule has 2 aromatic heterocycles. The highest BCUT2D eigenvalue weighted by atomic mass is 32.1. The summed E-state index contributed by atoms with van der Waals surface area (Å²) in [5.74, 6) is 1.44. The van der Waals surface area contributed by atoms with E-state index in [0.717, 1.165) is 10.4 Å². The first-order valence-electron chi connectivity index (χ1n) is 8.61. The number of aromatic nitrogens is 2. The Kier molecular flexibility index (Phi) is 6.44. The highest BCUT2D eigenvalue weighted by Crippen LogP contribution is 2.29. The summed E-state index contributed by atoms with van der Waals surface area (Å²) in [5.41, 5.74) is 0.780. The van der Waals surface area contributed by atoms with Gasteiger partial charge in [-0.25, -0.2) is 4.79 Å². The standard InChI is InChI=1S/C20H20N2O5S/c1-13(2)26-15-8-6-14(11-16(15)24-3)7-9-19(23)25-12-18-21-20(22-27-18)17-5-4-10-28-17/h4-11,13H,12H2,1-3H3/b9-7+. The first-order chi connectivity index (χ1) is 13.5.